The third kappa shape index (κ3) is 3.51. The molecule has 0 N–H and O–H groups in total. The van der Waals surface area contributed by atoms with Crippen LogP contribution in [0.3, 0.4) is 0 Å². The summed E-state index contributed by atoms with van der Waals surface area (Å²) in [5.41, 5.74) is 4.23. The van der Waals surface area contributed by atoms with Crippen LogP contribution in [-0.4, -0.2) is 34.6 Å². The minimum Gasteiger partial charge on any atom is -0.481 e. The Hall–Kier alpha value is -3.68. The minimum absolute atomic E-state index is 0.147. The number of imidazole rings is 1. The Balaban J connectivity index is 1.65. The molecule has 1 aliphatic rings. The van der Waals surface area contributed by atoms with Crippen LogP contribution in [0.2, 0.25) is 0 Å². The minimum atomic E-state index is -2.89. The van der Waals surface area contributed by atoms with E-state index in [0.717, 1.165) is 34.7 Å². The van der Waals surface area contributed by atoms with Gasteiger partial charge in [-0.1, -0.05) is 19.1 Å². The first kappa shape index (κ1) is 20.2. The molecular formula is C24H22F2N4O2. The number of anilines is 2. The third-order valence-electron chi connectivity index (χ3n) is 5.78. The lowest BCUT2D eigenvalue weighted by Crippen LogP contribution is -2.27. The highest BCUT2D eigenvalue weighted by molar-refractivity contribution is 5.74. The number of fused-ring (bicyclic) bond motifs is 3. The second kappa shape index (κ2) is 8.11. The summed E-state index contributed by atoms with van der Waals surface area (Å²) in [7, 11) is 1.58. The number of pyridine rings is 2. The van der Waals surface area contributed by atoms with Crippen molar-refractivity contribution in [3.8, 4) is 22.8 Å². The fourth-order valence-corrected chi connectivity index (χ4v) is 4.17. The van der Waals surface area contributed by atoms with Gasteiger partial charge in [-0.05, 0) is 36.8 Å². The molecule has 5 rings (SSSR count). The first-order valence-electron chi connectivity index (χ1n) is 10.4. The van der Waals surface area contributed by atoms with Crippen molar-refractivity contribution in [2.75, 3.05) is 18.6 Å². The van der Waals surface area contributed by atoms with E-state index in [1.54, 1.807) is 31.5 Å². The predicted molar refractivity (Wildman–Crippen MR) is 118 cm³/mol. The molecule has 1 unspecified atom stereocenters. The number of hydrogen-bond donors (Lipinski definition) is 0. The van der Waals surface area contributed by atoms with Crippen molar-refractivity contribution in [2.24, 2.45) is 0 Å². The van der Waals surface area contributed by atoms with Gasteiger partial charge in [0, 0.05) is 42.0 Å². The number of benzene rings is 1. The summed E-state index contributed by atoms with van der Waals surface area (Å²) in [5, 5.41) is 0. The number of methoxy groups -OCH3 is 1. The van der Waals surface area contributed by atoms with Gasteiger partial charge in [0.25, 0.3) is 0 Å². The average Bonchev–Trinajstić information content (AvgIpc) is 3.19. The van der Waals surface area contributed by atoms with Crippen molar-refractivity contribution in [1.29, 1.82) is 0 Å². The lowest BCUT2D eigenvalue weighted by atomic mass is 9.99. The molecule has 32 heavy (non-hydrogen) atoms. The maximum absolute atomic E-state index is 13.0. The maximum Gasteiger partial charge on any atom is 0.387 e. The maximum atomic E-state index is 13.0. The molecule has 0 saturated heterocycles. The van der Waals surface area contributed by atoms with Crippen LogP contribution in [0, 0.1) is 0 Å². The quantitative estimate of drug-likeness (QED) is 0.405. The molecule has 1 atom stereocenters. The summed E-state index contributed by atoms with van der Waals surface area (Å²) in [6.07, 6.45) is 4.62. The van der Waals surface area contributed by atoms with Gasteiger partial charge in [0.2, 0.25) is 5.88 Å². The van der Waals surface area contributed by atoms with Gasteiger partial charge < -0.3 is 14.4 Å². The monoisotopic (exact) mass is 436 g/mol. The van der Waals surface area contributed by atoms with Gasteiger partial charge in [0.1, 0.15) is 17.2 Å². The smallest absolute Gasteiger partial charge is 0.387 e. The van der Waals surface area contributed by atoms with Crippen LogP contribution in [0.4, 0.5) is 20.3 Å². The molecule has 0 amide bonds. The van der Waals surface area contributed by atoms with Crippen LogP contribution >= 0.6 is 0 Å². The zero-order chi connectivity index (χ0) is 22.2. The van der Waals surface area contributed by atoms with E-state index in [2.05, 4.69) is 11.9 Å². The molecule has 1 aromatic carbocycles. The number of halogens is 2. The van der Waals surface area contributed by atoms with Crippen LogP contribution in [0.25, 0.3) is 16.8 Å². The Morgan fingerprint density at radius 1 is 1.06 bits per heavy atom. The van der Waals surface area contributed by atoms with Crippen LogP contribution < -0.4 is 14.4 Å². The Morgan fingerprint density at radius 3 is 2.62 bits per heavy atom. The van der Waals surface area contributed by atoms with Crippen molar-refractivity contribution in [3.05, 3.63) is 66.6 Å². The average molecular weight is 436 g/mol. The summed E-state index contributed by atoms with van der Waals surface area (Å²) in [6.45, 7) is -0.0889. The van der Waals surface area contributed by atoms with E-state index in [1.165, 1.54) is 0 Å². The molecule has 4 aromatic rings. The van der Waals surface area contributed by atoms with Gasteiger partial charge in [-0.2, -0.15) is 8.78 Å². The van der Waals surface area contributed by atoms with E-state index in [0.29, 0.717) is 18.1 Å². The second-order valence-electron chi connectivity index (χ2n) is 7.74. The van der Waals surface area contributed by atoms with Crippen molar-refractivity contribution < 1.29 is 18.3 Å². The molecule has 0 aliphatic carbocycles. The Morgan fingerprint density at radius 2 is 1.88 bits per heavy atom. The van der Waals surface area contributed by atoms with Crippen LogP contribution in [0.5, 0.6) is 11.6 Å². The zero-order valence-electron chi connectivity index (χ0n) is 17.7. The van der Waals surface area contributed by atoms with E-state index in [-0.39, 0.29) is 11.7 Å². The first-order chi connectivity index (χ1) is 15.5. The molecule has 3 aromatic heterocycles. The van der Waals surface area contributed by atoms with E-state index in [1.807, 2.05) is 45.8 Å². The number of hydrogen-bond acceptors (Lipinski definition) is 5. The summed E-state index contributed by atoms with van der Waals surface area (Å²) in [5.74, 6) is 1.81. The Kier molecular flexibility index (Phi) is 5.13. The molecule has 164 valence electrons. The molecule has 4 heterocycles. The molecule has 1 aliphatic heterocycles. The largest absolute Gasteiger partial charge is 0.481 e. The Labute approximate surface area is 184 Å². The molecular weight excluding hydrogens is 414 g/mol. The van der Waals surface area contributed by atoms with Crippen molar-refractivity contribution in [2.45, 2.75) is 25.9 Å². The summed E-state index contributed by atoms with van der Waals surface area (Å²) in [6, 6.07) is 14.6. The number of aromatic nitrogens is 3. The van der Waals surface area contributed by atoms with E-state index >= 15 is 0 Å². The molecule has 0 radical (unpaired) electrons. The summed E-state index contributed by atoms with van der Waals surface area (Å²) < 4.78 is 38.1. The number of alkyl halides is 2. The van der Waals surface area contributed by atoms with Gasteiger partial charge in [-0.3, -0.25) is 4.40 Å². The molecule has 0 spiro atoms. The number of rotatable bonds is 5. The SMILES string of the molecule is COc1ccc(-c2ccc3nc4c(n3c2)N(c2ccccc2OC(F)F)CCC4C)cn1. The normalized spacial score (nSPS) is 15.8. The highest BCUT2D eigenvalue weighted by atomic mass is 19.3. The van der Waals surface area contributed by atoms with Gasteiger partial charge >= 0.3 is 6.61 Å². The van der Waals surface area contributed by atoms with Crippen molar-refractivity contribution >= 4 is 17.2 Å². The van der Waals surface area contributed by atoms with Crippen LogP contribution in [0.15, 0.2) is 60.9 Å². The van der Waals surface area contributed by atoms with Gasteiger partial charge in [-0.15, -0.1) is 0 Å². The lowest BCUT2D eigenvalue weighted by molar-refractivity contribution is -0.0494. The molecule has 8 heteroatoms. The summed E-state index contributed by atoms with van der Waals surface area (Å²) in [4.78, 5) is 11.2. The zero-order valence-corrected chi connectivity index (χ0v) is 17.7. The molecule has 6 nitrogen and oxygen atoms in total. The number of nitrogens with zero attached hydrogens (tertiary/aromatic N) is 4. The van der Waals surface area contributed by atoms with Crippen molar-refractivity contribution in [1.82, 2.24) is 14.4 Å². The Bertz CT molecular complexity index is 1260. The third-order valence-corrected chi connectivity index (χ3v) is 5.78. The fourth-order valence-electron chi connectivity index (χ4n) is 4.17. The second-order valence-corrected chi connectivity index (χ2v) is 7.74. The molecule has 0 saturated carbocycles. The van der Waals surface area contributed by atoms with Crippen LogP contribution in [-0.2, 0) is 0 Å². The predicted octanol–water partition coefficient (Wildman–Crippen LogP) is 5.65. The topological polar surface area (TPSA) is 51.9 Å². The van der Waals surface area contributed by atoms with Gasteiger partial charge in [-0.25, -0.2) is 9.97 Å². The number of ether oxygens (including phenoxy) is 2. The van der Waals surface area contributed by atoms with E-state index in [9.17, 15) is 8.78 Å². The lowest BCUT2D eigenvalue weighted by Gasteiger charge is -2.32. The standard InChI is InChI=1S/C24H22F2N4O2/c1-15-11-12-29(18-5-3-4-6-19(18)32-24(25)26)23-22(15)28-20-9-7-17(14-30(20)23)16-8-10-21(31-2)27-13-16/h3-10,13-15,24H,11-12H2,1-2H3. The molecule has 0 bridgehead atoms. The van der Waals surface area contributed by atoms with Crippen LogP contribution in [0.1, 0.15) is 25.0 Å². The van der Waals surface area contributed by atoms with Gasteiger partial charge in [0.15, 0.2) is 0 Å². The first-order valence-corrected chi connectivity index (χ1v) is 10.4. The van der Waals surface area contributed by atoms with Gasteiger partial charge in [0.05, 0.1) is 18.5 Å². The fraction of sp³-hybridized carbons (Fsp3) is 0.250. The highest BCUT2D eigenvalue weighted by Crippen LogP contribution is 2.43. The molecule has 0 fully saturated rings. The van der Waals surface area contributed by atoms with E-state index < -0.39 is 6.61 Å². The van der Waals surface area contributed by atoms with Crippen molar-refractivity contribution in [3.63, 3.8) is 0 Å². The number of para-hydroxylation sites is 2. The highest BCUT2D eigenvalue weighted by Gasteiger charge is 2.30. The summed E-state index contributed by atoms with van der Waals surface area (Å²) >= 11 is 0. The van der Waals surface area contributed by atoms with E-state index in [4.69, 9.17) is 14.5 Å².